The van der Waals surface area contributed by atoms with Crippen molar-refractivity contribution in [2.45, 2.75) is 38.6 Å². The van der Waals surface area contributed by atoms with Crippen molar-refractivity contribution in [3.8, 4) is 17.6 Å². The van der Waals surface area contributed by atoms with Crippen LogP contribution in [-0.4, -0.2) is 42.8 Å². The molecule has 0 spiro atoms. The summed E-state index contributed by atoms with van der Waals surface area (Å²) in [6, 6.07) is 7.13. The fraction of sp³-hybridized carbons (Fsp3) is 0.450. The van der Waals surface area contributed by atoms with Crippen molar-refractivity contribution < 1.29 is 23.8 Å². The molecule has 1 atom stereocenters. The van der Waals surface area contributed by atoms with Crippen LogP contribution in [0.5, 0.6) is 11.5 Å². The molecular weight excluding hydrogens is 348 g/mol. The lowest BCUT2D eigenvalue weighted by molar-refractivity contribution is -0.150. The third kappa shape index (κ3) is 4.40. The van der Waals surface area contributed by atoms with E-state index < -0.39 is 5.97 Å². The van der Waals surface area contributed by atoms with Gasteiger partial charge >= 0.3 is 5.97 Å². The van der Waals surface area contributed by atoms with E-state index in [0.717, 1.165) is 25.7 Å². The zero-order valence-electron chi connectivity index (χ0n) is 15.3. The zero-order valence-corrected chi connectivity index (χ0v) is 15.3. The molecule has 7 nitrogen and oxygen atoms in total. The van der Waals surface area contributed by atoms with Crippen molar-refractivity contribution in [2.24, 2.45) is 0 Å². The number of nitriles is 1. The molecule has 2 heterocycles. The van der Waals surface area contributed by atoms with Gasteiger partial charge in [0.1, 0.15) is 11.6 Å². The van der Waals surface area contributed by atoms with Gasteiger partial charge < -0.3 is 19.1 Å². The lowest BCUT2D eigenvalue weighted by Crippen LogP contribution is -2.45. The second-order valence-corrected chi connectivity index (χ2v) is 6.50. The largest absolute Gasteiger partial charge is 0.454 e. The molecule has 2 aliphatic rings. The quantitative estimate of drug-likeness (QED) is 0.450. The van der Waals surface area contributed by atoms with Crippen LogP contribution in [0.1, 0.15) is 38.2 Å². The molecule has 1 fully saturated rings. The normalized spacial score (nSPS) is 18.7. The Hall–Kier alpha value is -3.01. The van der Waals surface area contributed by atoms with E-state index in [4.69, 9.17) is 14.2 Å². The van der Waals surface area contributed by atoms with Crippen LogP contribution in [0, 0.1) is 11.3 Å². The van der Waals surface area contributed by atoms with Gasteiger partial charge in [-0.2, -0.15) is 5.26 Å². The minimum absolute atomic E-state index is 0.146. The number of hydrogen-bond donors (Lipinski definition) is 0. The Kier molecular flexibility index (Phi) is 5.97. The maximum absolute atomic E-state index is 12.4. The summed E-state index contributed by atoms with van der Waals surface area (Å²) in [6.07, 6.45) is 5.34. The number of ether oxygens (including phenoxy) is 3. The first kappa shape index (κ1) is 18.8. The Balaban J connectivity index is 1.62. The third-order valence-electron chi connectivity index (χ3n) is 4.79. The second-order valence-electron chi connectivity index (χ2n) is 6.50. The van der Waals surface area contributed by atoms with E-state index in [1.54, 1.807) is 23.1 Å². The molecule has 7 heteroatoms. The molecule has 0 aromatic heterocycles. The lowest BCUT2D eigenvalue weighted by Gasteiger charge is -2.35. The van der Waals surface area contributed by atoms with Gasteiger partial charge in [0.2, 0.25) is 6.79 Å². The number of esters is 1. The molecule has 1 aromatic carbocycles. The monoisotopic (exact) mass is 370 g/mol. The Labute approximate surface area is 158 Å². The summed E-state index contributed by atoms with van der Waals surface area (Å²) in [5, 5.41) is 9.27. The van der Waals surface area contributed by atoms with Crippen LogP contribution in [0.3, 0.4) is 0 Å². The average molecular weight is 370 g/mol. The maximum atomic E-state index is 12.4. The van der Waals surface area contributed by atoms with Crippen molar-refractivity contribution in [3.63, 3.8) is 0 Å². The minimum Gasteiger partial charge on any atom is -0.454 e. The number of amides is 1. The molecule has 1 saturated heterocycles. The number of hydrogen-bond acceptors (Lipinski definition) is 6. The summed E-state index contributed by atoms with van der Waals surface area (Å²) in [5.74, 6) is 0.148. The number of nitrogens with zero attached hydrogens (tertiary/aromatic N) is 2. The Morgan fingerprint density at radius 3 is 2.93 bits per heavy atom. The topological polar surface area (TPSA) is 88.9 Å². The number of benzene rings is 1. The molecule has 1 aromatic rings. The Morgan fingerprint density at radius 2 is 2.15 bits per heavy atom. The van der Waals surface area contributed by atoms with Gasteiger partial charge in [-0.25, -0.2) is 4.79 Å². The van der Waals surface area contributed by atoms with Crippen LogP contribution < -0.4 is 9.47 Å². The standard InChI is InChI=1S/C20H22N2O5/c1-2-16-5-3-4-8-22(16)19(23)12-25-20(24)15(11-21)9-14-6-7-17-18(10-14)27-13-26-17/h6-7,9-10,16H,2-5,8,12-13H2,1H3/b15-9+/t16-/m0/s1. The Morgan fingerprint density at radius 1 is 1.33 bits per heavy atom. The number of carbonyl (C=O) groups is 2. The van der Waals surface area contributed by atoms with E-state index in [9.17, 15) is 14.9 Å². The number of rotatable bonds is 5. The second kappa shape index (κ2) is 8.58. The van der Waals surface area contributed by atoms with Gasteiger partial charge in [0.25, 0.3) is 5.91 Å². The summed E-state index contributed by atoms with van der Waals surface area (Å²) in [7, 11) is 0. The summed E-state index contributed by atoms with van der Waals surface area (Å²) >= 11 is 0. The predicted molar refractivity (Wildman–Crippen MR) is 96.8 cm³/mol. The van der Waals surface area contributed by atoms with Gasteiger partial charge in [-0.3, -0.25) is 4.79 Å². The van der Waals surface area contributed by atoms with Gasteiger partial charge in [-0.15, -0.1) is 0 Å². The van der Waals surface area contributed by atoms with E-state index in [2.05, 4.69) is 0 Å². The van der Waals surface area contributed by atoms with E-state index in [1.165, 1.54) is 6.08 Å². The molecule has 3 rings (SSSR count). The van der Waals surface area contributed by atoms with Gasteiger partial charge in [0, 0.05) is 12.6 Å². The smallest absolute Gasteiger partial charge is 0.349 e. The van der Waals surface area contributed by atoms with E-state index in [0.29, 0.717) is 23.6 Å². The molecule has 0 bridgehead atoms. The van der Waals surface area contributed by atoms with Crippen LogP contribution in [0.2, 0.25) is 0 Å². The van der Waals surface area contributed by atoms with Crippen molar-refractivity contribution in [1.29, 1.82) is 5.26 Å². The molecule has 27 heavy (non-hydrogen) atoms. The number of carbonyl (C=O) groups excluding carboxylic acids is 2. The van der Waals surface area contributed by atoms with Gasteiger partial charge in [-0.1, -0.05) is 13.0 Å². The fourth-order valence-corrected chi connectivity index (χ4v) is 3.35. The molecule has 2 aliphatic heterocycles. The van der Waals surface area contributed by atoms with E-state index >= 15 is 0 Å². The SMILES string of the molecule is CC[C@H]1CCCCN1C(=O)COC(=O)/C(C#N)=C/c1ccc2c(c1)OCO2. The average Bonchev–Trinajstić information content (AvgIpc) is 3.17. The maximum Gasteiger partial charge on any atom is 0.349 e. The fourth-order valence-electron chi connectivity index (χ4n) is 3.35. The van der Waals surface area contributed by atoms with E-state index in [-0.39, 0.29) is 30.9 Å². The van der Waals surface area contributed by atoms with Crippen LogP contribution in [0.25, 0.3) is 6.08 Å². The molecule has 0 radical (unpaired) electrons. The third-order valence-corrected chi connectivity index (χ3v) is 4.79. The van der Waals surface area contributed by atoms with Crippen LogP contribution in [-0.2, 0) is 14.3 Å². The first-order chi connectivity index (χ1) is 13.1. The summed E-state index contributed by atoms with van der Waals surface area (Å²) < 4.78 is 15.6. The molecule has 142 valence electrons. The van der Waals surface area contributed by atoms with Crippen LogP contribution in [0.4, 0.5) is 0 Å². The van der Waals surface area contributed by atoms with Gasteiger partial charge in [0.15, 0.2) is 18.1 Å². The van der Waals surface area contributed by atoms with Crippen LogP contribution >= 0.6 is 0 Å². The molecule has 0 N–H and O–H groups in total. The molecular formula is C20H22N2O5. The van der Waals surface area contributed by atoms with Gasteiger partial charge in [0.05, 0.1) is 0 Å². The van der Waals surface area contributed by atoms with E-state index in [1.807, 2.05) is 13.0 Å². The highest BCUT2D eigenvalue weighted by Gasteiger charge is 2.26. The molecule has 0 aliphatic carbocycles. The first-order valence-electron chi connectivity index (χ1n) is 9.10. The highest BCUT2D eigenvalue weighted by Crippen LogP contribution is 2.33. The van der Waals surface area contributed by atoms with Crippen molar-refractivity contribution in [1.82, 2.24) is 4.90 Å². The van der Waals surface area contributed by atoms with Crippen molar-refractivity contribution in [3.05, 3.63) is 29.3 Å². The van der Waals surface area contributed by atoms with Crippen LogP contribution in [0.15, 0.2) is 23.8 Å². The van der Waals surface area contributed by atoms with Crippen molar-refractivity contribution >= 4 is 18.0 Å². The number of piperidine rings is 1. The first-order valence-corrected chi connectivity index (χ1v) is 9.10. The highest BCUT2D eigenvalue weighted by molar-refractivity contribution is 5.98. The van der Waals surface area contributed by atoms with Gasteiger partial charge in [-0.05, 0) is 49.5 Å². The summed E-state index contributed by atoms with van der Waals surface area (Å²) in [5.41, 5.74) is 0.438. The lowest BCUT2D eigenvalue weighted by atomic mass is 10.00. The number of fused-ring (bicyclic) bond motifs is 1. The zero-order chi connectivity index (χ0) is 19.2. The predicted octanol–water partition coefficient (Wildman–Crippen LogP) is 2.66. The molecule has 0 saturated carbocycles. The highest BCUT2D eigenvalue weighted by atomic mass is 16.7. The minimum atomic E-state index is -0.812. The Bertz CT molecular complexity index is 796. The summed E-state index contributed by atoms with van der Waals surface area (Å²) in [6.45, 7) is 2.53. The number of likely N-dealkylation sites (tertiary alicyclic amines) is 1. The molecule has 1 amide bonds. The summed E-state index contributed by atoms with van der Waals surface area (Å²) in [4.78, 5) is 26.4. The van der Waals surface area contributed by atoms with Crippen molar-refractivity contribution in [2.75, 3.05) is 19.9 Å². The molecule has 0 unspecified atom stereocenters.